The van der Waals surface area contributed by atoms with Gasteiger partial charge in [-0.2, -0.15) is 0 Å². The lowest BCUT2D eigenvalue weighted by Crippen LogP contribution is -2.54. The van der Waals surface area contributed by atoms with E-state index in [9.17, 15) is 19.2 Å². The molecule has 2 saturated carbocycles. The number of thiazole rings is 1. The molecule has 1 aromatic rings. The molecule has 4 rings (SSSR count). The van der Waals surface area contributed by atoms with Gasteiger partial charge in [0.25, 0.3) is 11.8 Å². The number of nitrogens with one attached hydrogen (secondary N) is 1. The Morgan fingerprint density at radius 3 is 2.64 bits per heavy atom. The summed E-state index contributed by atoms with van der Waals surface area (Å²) in [6.45, 7) is 2.98. The van der Waals surface area contributed by atoms with Gasteiger partial charge in [0.2, 0.25) is 0 Å². The molecule has 9 nitrogen and oxygen atoms in total. The number of hydrogen-bond donors (Lipinski definition) is 1. The molecular formula is C23H32N4O5S. The minimum atomic E-state index is -1.05. The van der Waals surface area contributed by atoms with Crippen LogP contribution in [0.25, 0.3) is 0 Å². The second-order valence-corrected chi connectivity index (χ2v) is 10.3. The van der Waals surface area contributed by atoms with Gasteiger partial charge >= 0.3 is 12.0 Å². The maximum absolute atomic E-state index is 13.3. The highest BCUT2D eigenvalue weighted by atomic mass is 32.1. The van der Waals surface area contributed by atoms with Crippen LogP contribution in [0.1, 0.15) is 71.6 Å². The fraction of sp³-hybridized carbons (Fsp3) is 0.696. The van der Waals surface area contributed by atoms with E-state index in [1.165, 1.54) is 18.3 Å². The second-order valence-electron chi connectivity index (χ2n) is 9.39. The van der Waals surface area contributed by atoms with E-state index in [0.717, 1.165) is 56.3 Å². The predicted octanol–water partition coefficient (Wildman–Crippen LogP) is 3.24. The Labute approximate surface area is 197 Å². The molecule has 2 heterocycles. The third-order valence-corrected chi connectivity index (χ3v) is 8.02. The number of hydrogen-bond acceptors (Lipinski definition) is 7. The molecule has 1 saturated heterocycles. The molecule has 4 amide bonds. The Kier molecular flexibility index (Phi) is 7.02. The first-order valence-corrected chi connectivity index (χ1v) is 12.8. The third-order valence-electron chi connectivity index (χ3n) is 7.25. The molecule has 10 heteroatoms. The van der Waals surface area contributed by atoms with E-state index < -0.39 is 30.2 Å². The molecule has 0 radical (unpaired) electrons. The number of carbonyl (C=O) groups is 4. The highest BCUT2D eigenvalue weighted by Gasteiger charge is 2.55. The first kappa shape index (κ1) is 23.7. The fourth-order valence-electron chi connectivity index (χ4n) is 5.35. The van der Waals surface area contributed by atoms with Gasteiger partial charge in [0.1, 0.15) is 12.1 Å². The first-order chi connectivity index (χ1) is 15.8. The molecule has 1 N–H and O–H groups in total. The number of rotatable bonds is 6. The fourth-order valence-corrected chi connectivity index (χ4v) is 6.07. The molecule has 3 fully saturated rings. The van der Waals surface area contributed by atoms with Crippen molar-refractivity contribution in [1.82, 2.24) is 15.2 Å². The summed E-state index contributed by atoms with van der Waals surface area (Å²) < 4.78 is 5.42. The van der Waals surface area contributed by atoms with Crippen molar-refractivity contribution in [3.63, 3.8) is 0 Å². The number of esters is 1. The number of urea groups is 1. The van der Waals surface area contributed by atoms with Crippen LogP contribution in [0.5, 0.6) is 0 Å². The van der Waals surface area contributed by atoms with E-state index in [4.69, 9.17) is 4.74 Å². The maximum Gasteiger partial charge on any atom is 0.327 e. The van der Waals surface area contributed by atoms with Gasteiger partial charge in [-0.3, -0.25) is 24.2 Å². The van der Waals surface area contributed by atoms with Gasteiger partial charge in [0, 0.05) is 17.6 Å². The summed E-state index contributed by atoms with van der Waals surface area (Å²) in [7, 11) is 0. The predicted molar refractivity (Wildman–Crippen MR) is 123 cm³/mol. The number of imide groups is 1. The van der Waals surface area contributed by atoms with E-state index in [-0.39, 0.29) is 23.8 Å². The van der Waals surface area contributed by atoms with Crippen LogP contribution in [0.4, 0.5) is 9.93 Å². The summed E-state index contributed by atoms with van der Waals surface area (Å²) in [5.74, 6) is -1.48. The zero-order valence-corrected chi connectivity index (χ0v) is 20.1. The van der Waals surface area contributed by atoms with Crippen molar-refractivity contribution in [2.75, 3.05) is 11.4 Å². The van der Waals surface area contributed by atoms with E-state index in [1.54, 1.807) is 11.1 Å². The summed E-state index contributed by atoms with van der Waals surface area (Å²) in [4.78, 5) is 58.5. The number of anilines is 1. The van der Waals surface area contributed by atoms with Crippen LogP contribution in [-0.2, 0) is 19.1 Å². The monoisotopic (exact) mass is 476 g/mol. The number of aromatic nitrogens is 1. The largest absolute Gasteiger partial charge is 0.451 e. The number of nitrogens with zero attached hydrogens (tertiary/aromatic N) is 3. The summed E-state index contributed by atoms with van der Waals surface area (Å²) >= 11 is 1.38. The average molecular weight is 477 g/mol. The number of ether oxygens (including phenoxy) is 1. The molecule has 180 valence electrons. The van der Waals surface area contributed by atoms with Crippen molar-refractivity contribution in [3.8, 4) is 0 Å². The van der Waals surface area contributed by atoms with Crippen molar-refractivity contribution in [2.24, 2.45) is 5.92 Å². The Bertz CT molecular complexity index is 901. The van der Waals surface area contributed by atoms with Crippen molar-refractivity contribution < 1.29 is 23.9 Å². The summed E-state index contributed by atoms with van der Waals surface area (Å²) in [6.07, 6.45) is 8.90. The second kappa shape index (κ2) is 9.79. The van der Waals surface area contributed by atoms with Gasteiger partial charge in [-0.05, 0) is 38.5 Å². The van der Waals surface area contributed by atoms with Gasteiger partial charge in [-0.15, -0.1) is 11.3 Å². The lowest BCUT2D eigenvalue weighted by atomic mass is 9.73. The number of carbonyl (C=O) groups excluding carboxylic acids is 4. The van der Waals surface area contributed by atoms with E-state index in [2.05, 4.69) is 10.3 Å². The Balaban J connectivity index is 1.41. The van der Waals surface area contributed by atoms with Crippen LogP contribution in [0.2, 0.25) is 0 Å². The van der Waals surface area contributed by atoms with Gasteiger partial charge in [-0.25, -0.2) is 9.78 Å². The average Bonchev–Trinajstić information content (AvgIpc) is 3.40. The Hall–Kier alpha value is -2.49. The minimum absolute atomic E-state index is 0.00608. The van der Waals surface area contributed by atoms with Crippen LogP contribution in [-0.4, -0.2) is 57.9 Å². The lowest BCUT2D eigenvalue weighted by Gasteiger charge is -2.36. The van der Waals surface area contributed by atoms with Crippen molar-refractivity contribution in [3.05, 3.63) is 11.6 Å². The Morgan fingerprint density at radius 1 is 1.24 bits per heavy atom. The lowest BCUT2D eigenvalue weighted by molar-refractivity contribution is -0.156. The van der Waals surface area contributed by atoms with Crippen molar-refractivity contribution in [2.45, 2.75) is 89.3 Å². The smallest absolute Gasteiger partial charge is 0.327 e. The molecule has 3 aliphatic rings. The van der Waals surface area contributed by atoms with Gasteiger partial charge in [0.15, 0.2) is 11.2 Å². The molecule has 1 aliphatic heterocycles. The van der Waals surface area contributed by atoms with Crippen LogP contribution in [0.15, 0.2) is 11.6 Å². The van der Waals surface area contributed by atoms with Gasteiger partial charge in [-0.1, -0.05) is 39.0 Å². The van der Waals surface area contributed by atoms with E-state index in [0.29, 0.717) is 11.6 Å². The highest BCUT2D eigenvalue weighted by molar-refractivity contribution is 7.13. The molecule has 3 unspecified atom stereocenters. The van der Waals surface area contributed by atoms with Crippen LogP contribution < -0.4 is 10.2 Å². The maximum atomic E-state index is 13.3. The molecular weight excluding hydrogens is 444 g/mol. The van der Waals surface area contributed by atoms with E-state index >= 15 is 0 Å². The highest BCUT2D eigenvalue weighted by Crippen LogP contribution is 2.38. The Morgan fingerprint density at radius 2 is 1.97 bits per heavy atom. The molecule has 1 aromatic heterocycles. The minimum Gasteiger partial charge on any atom is -0.451 e. The van der Waals surface area contributed by atoms with Crippen molar-refractivity contribution >= 4 is 40.3 Å². The normalized spacial score (nSPS) is 26.8. The van der Waals surface area contributed by atoms with Crippen LogP contribution in [0.3, 0.4) is 0 Å². The van der Waals surface area contributed by atoms with Crippen molar-refractivity contribution in [1.29, 1.82) is 0 Å². The standard InChI is InChI=1S/C23H32N4O5S/c1-15-8-6-7-11-23(15)20(30)26(21(31)25-23)14-18(28)32-16(2)19(29)27(22-24-12-13-33-22)17-9-4-3-5-10-17/h12-13,15-17H,3-11,14H2,1-2H3,(H,25,31). The molecule has 0 aromatic carbocycles. The molecule has 1 spiro atoms. The zero-order chi connectivity index (χ0) is 23.6. The first-order valence-electron chi connectivity index (χ1n) is 11.9. The molecule has 0 bridgehead atoms. The van der Waals surface area contributed by atoms with Crippen LogP contribution >= 0.6 is 11.3 Å². The molecule has 2 aliphatic carbocycles. The summed E-state index contributed by atoms with van der Waals surface area (Å²) in [6, 6.07) is -0.548. The SMILES string of the molecule is CC(OC(=O)CN1C(=O)NC2(CCCCC2C)C1=O)C(=O)N(c1nccs1)C1CCCCC1. The summed E-state index contributed by atoms with van der Waals surface area (Å²) in [5.41, 5.74) is -0.931. The summed E-state index contributed by atoms with van der Waals surface area (Å²) in [5, 5.41) is 5.24. The number of amides is 4. The molecule has 3 atom stereocenters. The van der Waals surface area contributed by atoms with E-state index in [1.807, 2.05) is 12.3 Å². The molecule has 33 heavy (non-hydrogen) atoms. The van der Waals surface area contributed by atoms with Crippen LogP contribution in [0, 0.1) is 5.92 Å². The zero-order valence-electron chi connectivity index (χ0n) is 19.2. The van der Waals surface area contributed by atoms with Gasteiger partial charge < -0.3 is 10.1 Å². The van der Waals surface area contributed by atoms with Gasteiger partial charge in [0.05, 0.1) is 0 Å². The third kappa shape index (κ3) is 4.62. The topological polar surface area (TPSA) is 109 Å². The quantitative estimate of drug-likeness (QED) is 0.499.